The highest BCUT2D eigenvalue weighted by atomic mass is 35.5. The summed E-state index contributed by atoms with van der Waals surface area (Å²) in [4.78, 5) is 25.0. The summed E-state index contributed by atoms with van der Waals surface area (Å²) < 4.78 is 20.9. The molecule has 8 rings (SSSR count). The molecule has 6 aromatic carbocycles. The Balaban J connectivity index is 0.000000305. The van der Waals surface area contributed by atoms with Crippen molar-refractivity contribution < 1.29 is 28.9 Å². The Kier molecular flexibility index (Phi) is 82.3. The van der Waals surface area contributed by atoms with Crippen molar-refractivity contribution in [2.24, 2.45) is 0 Å². The Morgan fingerprint density at radius 2 is 0.504 bits per heavy atom. The zero-order valence-corrected chi connectivity index (χ0v) is 111. The second-order valence-electron chi connectivity index (χ2n) is 17.4. The van der Waals surface area contributed by atoms with Crippen LogP contribution in [-0.4, -0.2) is 33.3 Å². The van der Waals surface area contributed by atoms with Crippen LogP contribution < -0.4 is 9.47 Å². The number of esters is 1. The maximum atomic E-state index is 12.8. The monoisotopic (exact) mass is 2850 g/mol. The number of fused-ring (bicyclic) bond motifs is 2. The summed E-state index contributed by atoms with van der Waals surface area (Å²) in [6.07, 6.45) is 0. The number of carboxylic acid groups (broad SMARTS) is 1. The molecule has 0 aliphatic carbocycles. The van der Waals surface area contributed by atoms with Gasteiger partial charge in [-0.15, -0.1) is 0 Å². The lowest BCUT2D eigenvalue weighted by molar-refractivity contribution is 0.0583. The SMILES string of the molecule is COC(=O)c1c(OCc2ccccc2)c2cc(Cl)ccc2n1Cc1ccc(Cl)cc1.O=C(O)c1c(OCc2ccccc2)c2cc(Cl)ccc2n1Cc1ccc(Cl)cc1.S=S=S=S=S=S=S=S=S=S=S=S=S=S=S.S=S=S=S=S=S=S=S=S=S=S=S=S=S=S=S=S=S=S=S=S=S=S=S=S=S=S=S=S=S=S=S=S=S=S=S=S=S=S=S=S=S=S=S=S=S=S. The molecule has 670 valence electrons. The van der Waals surface area contributed by atoms with E-state index in [1.54, 1.807) is 239 Å². The first kappa shape index (κ1) is 119. The number of rotatable bonds is 12. The molecule has 0 atom stereocenters. The zero-order valence-electron chi connectivity index (χ0n) is 56.9. The van der Waals surface area contributed by atoms with Crippen LogP contribution in [0.3, 0.4) is 0 Å². The largest absolute Gasteiger partial charge is 0.486 e. The van der Waals surface area contributed by atoms with Crippen LogP contribution in [0.25, 0.3) is 21.8 Å². The lowest BCUT2D eigenvalue weighted by atomic mass is 10.2. The number of carbonyl (C=O) groups excluding carboxylic acids is 1. The van der Waals surface area contributed by atoms with Crippen molar-refractivity contribution in [1.82, 2.24) is 9.13 Å². The third-order valence-electron chi connectivity index (χ3n) is 11.1. The Bertz CT molecular complexity index is 7820. The summed E-state index contributed by atoms with van der Waals surface area (Å²) >= 11 is 43.5. The van der Waals surface area contributed by atoms with Gasteiger partial charge in [-0.25, -0.2) is 9.59 Å². The molecule has 0 aliphatic rings. The fourth-order valence-electron chi connectivity index (χ4n) is 7.34. The third-order valence-corrected chi connectivity index (χ3v) is 136. The van der Waals surface area contributed by atoms with Gasteiger partial charge in [0.2, 0.25) is 0 Å². The Labute approximate surface area is 901 Å². The molecular formula is C47H36Cl4N2O6S62. The van der Waals surface area contributed by atoms with Crippen LogP contribution in [0.2, 0.25) is 20.1 Å². The molecule has 0 unspecified atom stereocenters. The lowest BCUT2D eigenvalue weighted by Crippen LogP contribution is -2.13. The van der Waals surface area contributed by atoms with E-state index in [2.05, 4.69) is 0 Å². The highest BCUT2D eigenvalue weighted by molar-refractivity contribution is 8.83. The molecule has 0 bridgehead atoms. The molecule has 0 amide bonds. The summed E-state index contributed by atoms with van der Waals surface area (Å²) in [5.41, 5.74) is 5.87. The third kappa shape index (κ3) is 58.5. The highest BCUT2D eigenvalue weighted by Gasteiger charge is 2.27. The number of carbonyl (C=O) groups is 2. The minimum atomic E-state index is -1.06. The van der Waals surface area contributed by atoms with E-state index in [1.165, 1.54) is 42.6 Å². The number of hydrogen-bond donors (Lipinski definition) is 1. The summed E-state index contributed by atoms with van der Waals surface area (Å²) in [6.45, 7) is 1.39. The van der Waals surface area contributed by atoms with E-state index < -0.39 is 11.9 Å². The number of aromatic carboxylic acids is 1. The maximum absolute atomic E-state index is 12.8. The number of halogens is 4. The second-order valence-corrected chi connectivity index (χ2v) is 122. The Morgan fingerprint density at radius 1 is 0.289 bits per heavy atom. The molecule has 0 radical (unpaired) electrons. The molecule has 2 aromatic heterocycles. The van der Waals surface area contributed by atoms with E-state index in [9.17, 15) is 14.7 Å². The van der Waals surface area contributed by atoms with Crippen molar-refractivity contribution in [3.63, 3.8) is 0 Å². The first-order chi connectivity index (χ1) is 59.4. The van der Waals surface area contributed by atoms with Crippen molar-refractivity contribution in [3.8, 4) is 11.5 Å². The highest BCUT2D eigenvalue weighted by Crippen LogP contribution is 2.38. The van der Waals surface area contributed by atoms with Crippen LogP contribution in [0.15, 0.2) is 146 Å². The quantitative estimate of drug-likeness (QED) is 0.119. The smallest absolute Gasteiger partial charge is 0.358 e. The average molecular weight is 2850 g/mol. The van der Waals surface area contributed by atoms with Gasteiger partial charge < -0.3 is 28.5 Å². The van der Waals surface area contributed by atoms with E-state index in [-0.39, 0.29) is 12.3 Å². The molecule has 0 fully saturated rings. The number of methoxy groups -OCH3 is 1. The van der Waals surface area contributed by atoms with Gasteiger partial charge >= 0.3 is 11.9 Å². The van der Waals surface area contributed by atoms with Crippen LogP contribution in [-0.2, 0) is 591 Å². The topological polar surface area (TPSA) is 91.9 Å². The molecule has 8 aromatic rings. The van der Waals surface area contributed by atoms with E-state index in [1.807, 2.05) is 395 Å². The summed E-state index contributed by atoms with van der Waals surface area (Å²) in [5.74, 6) is -0.765. The van der Waals surface area contributed by atoms with Crippen molar-refractivity contribution in [2.45, 2.75) is 26.3 Å². The second kappa shape index (κ2) is 83.5. The van der Waals surface area contributed by atoms with Gasteiger partial charge in [-0.2, -0.15) is 0 Å². The van der Waals surface area contributed by atoms with Gasteiger partial charge in [-0.1, -0.05) is 131 Å². The molecule has 0 saturated carbocycles. The molecule has 1 N–H and O–H groups in total. The van der Waals surface area contributed by atoms with E-state index >= 15 is 0 Å². The van der Waals surface area contributed by atoms with Gasteiger partial charge in [0.25, 0.3) is 0 Å². The van der Waals surface area contributed by atoms with Crippen LogP contribution in [0, 0.1) is 0 Å². The molecule has 74 heteroatoms. The molecule has 0 spiro atoms. The van der Waals surface area contributed by atoms with E-state index in [0.717, 1.165) is 38.7 Å². The van der Waals surface area contributed by atoms with Gasteiger partial charge in [0.05, 0.1) is 18.1 Å². The molecule has 2 heterocycles. The predicted octanol–water partition coefficient (Wildman–Crippen LogP) is 12.5. The van der Waals surface area contributed by atoms with Crippen LogP contribution in [0.4, 0.5) is 0 Å². The van der Waals surface area contributed by atoms with Gasteiger partial charge in [0, 0.05) is 604 Å². The fraction of sp³-hybridized carbons (Fsp3) is 0.106. The van der Waals surface area contributed by atoms with Gasteiger partial charge in [0.1, 0.15) is 13.2 Å². The molecule has 0 aliphatic heterocycles. The molecule has 0 saturated heterocycles. The van der Waals surface area contributed by atoms with Crippen LogP contribution >= 0.6 is 46.4 Å². The Morgan fingerprint density at radius 3 is 0.727 bits per heavy atom. The van der Waals surface area contributed by atoms with Crippen molar-refractivity contribution in [2.75, 3.05) is 7.11 Å². The summed E-state index contributed by atoms with van der Waals surface area (Å²) in [5, 5.41) is 13.8. The standard InChI is InChI=1S/C24H19Cl2NO3.C23H17Cl2NO3.S47.S15/c1-29-24(28)22-23(30-15-17-5-3-2-4-6-17)20-13-19(26)11-12-21(20)27(22)14-16-7-9-18(25)10-8-16;24-17-8-6-15(7-9-17)13-26-20-11-10-18(25)12-19(20)22(21(26)23(27)28)29-14-16-4-2-1-3-5-16;1-3-5-7-9-11-13-15-17-19-21-23-25-27-29-31-33-35-37-39-41-43-45-47-46-44-42-40-38-36-34-32-30-28-26-24-22-20-18-16-14-12-10-8-6-4-2;1-3-5-7-9-11-13-15-14-12-10-8-6-4-2/h2-13H,14-15H2,1H3;1-12H,13-14H2,(H,27,28);;. The van der Waals surface area contributed by atoms with Gasteiger partial charge in [-0.05, 0) is 82.9 Å². The van der Waals surface area contributed by atoms with Crippen molar-refractivity contribution in [1.29, 1.82) is 0 Å². The number of aromatic nitrogens is 2. The summed E-state index contributed by atoms with van der Waals surface area (Å²) in [6, 6.07) is 45.0. The normalized spacial score (nSPS) is 9.23. The average Bonchev–Trinajstić information content (AvgIpc) is 1.61. The fourth-order valence-corrected chi connectivity index (χ4v) is 156. The maximum Gasteiger partial charge on any atom is 0.358 e. The van der Waals surface area contributed by atoms with Crippen LogP contribution in [0.5, 0.6) is 11.5 Å². The predicted molar refractivity (Wildman–Crippen MR) is 691 cm³/mol. The van der Waals surface area contributed by atoms with Gasteiger partial charge in [0.15, 0.2) is 22.9 Å². The Hall–Kier alpha value is 7.74. The summed E-state index contributed by atoms with van der Waals surface area (Å²) in [7, 11) is 103. The minimum Gasteiger partial charge on any atom is -0.486 e. The first-order valence-corrected chi connectivity index (χ1v) is 110. The minimum absolute atomic E-state index is 0.0909. The van der Waals surface area contributed by atoms with Crippen molar-refractivity contribution >= 4 is 640 Å². The van der Waals surface area contributed by atoms with Gasteiger partial charge in [-0.3, -0.25) is 0 Å². The van der Waals surface area contributed by atoms with Crippen LogP contribution in [0.1, 0.15) is 43.2 Å². The van der Waals surface area contributed by atoms with E-state index in [4.69, 9.17) is 105 Å². The van der Waals surface area contributed by atoms with E-state index in [0.29, 0.717) is 62.4 Å². The van der Waals surface area contributed by atoms with Crippen molar-refractivity contribution in [3.05, 3.63) is 199 Å². The number of ether oxygens (including phenoxy) is 3. The lowest BCUT2D eigenvalue weighted by Gasteiger charge is -2.11. The number of nitrogens with zero attached hydrogens (tertiary/aromatic N) is 2. The molecule has 8 nitrogen and oxygen atoms in total. The number of benzene rings is 6. The molecule has 121 heavy (non-hydrogen) atoms. The zero-order chi connectivity index (χ0) is 86.5. The number of carboxylic acids is 1. The number of hydrogen-bond acceptors (Lipinski definition) is 9. The molecular weight excluding hydrogens is 2820 g/mol. The first-order valence-electron chi connectivity index (χ1n) is 28.4.